The zero-order valence-electron chi connectivity index (χ0n) is 11.6. The molecule has 1 rings (SSSR count). The molecule has 0 saturated heterocycles. The number of methoxy groups -OCH3 is 2. The van der Waals surface area contributed by atoms with Crippen LogP contribution < -0.4 is 9.47 Å². The van der Waals surface area contributed by atoms with Crippen LogP contribution in [-0.4, -0.2) is 25.9 Å². The Morgan fingerprint density at radius 2 is 1.83 bits per heavy atom. The fourth-order valence-electron chi connectivity index (χ4n) is 1.97. The van der Waals surface area contributed by atoms with Crippen molar-refractivity contribution < 1.29 is 14.6 Å². The van der Waals surface area contributed by atoms with Gasteiger partial charge in [-0.2, -0.15) is 0 Å². The Kier molecular flexibility index (Phi) is 5.29. The summed E-state index contributed by atoms with van der Waals surface area (Å²) in [7, 11) is 3.18. The number of halogens is 1. The summed E-state index contributed by atoms with van der Waals surface area (Å²) in [4.78, 5) is 0. The van der Waals surface area contributed by atoms with Gasteiger partial charge in [0.25, 0.3) is 0 Å². The van der Waals surface area contributed by atoms with Crippen LogP contribution in [0.5, 0.6) is 11.5 Å². The highest BCUT2D eigenvalue weighted by Crippen LogP contribution is 2.44. The molecule has 0 aliphatic heterocycles. The third-order valence-electron chi connectivity index (χ3n) is 3.06. The minimum absolute atomic E-state index is 0.0147. The molecule has 0 saturated carbocycles. The lowest BCUT2D eigenvalue weighted by Crippen LogP contribution is -2.07. The van der Waals surface area contributed by atoms with E-state index in [-0.39, 0.29) is 18.4 Å². The molecule has 1 unspecified atom stereocenters. The lowest BCUT2D eigenvalue weighted by molar-refractivity contribution is 0.268. The van der Waals surface area contributed by atoms with Crippen LogP contribution in [0.25, 0.3) is 0 Å². The van der Waals surface area contributed by atoms with Crippen molar-refractivity contribution >= 4 is 11.6 Å². The van der Waals surface area contributed by atoms with Crippen LogP contribution in [0.15, 0.2) is 6.07 Å². The Balaban J connectivity index is 3.56. The van der Waals surface area contributed by atoms with Crippen LogP contribution in [0.3, 0.4) is 0 Å². The molecular weight excluding hydrogens is 252 g/mol. The predicted octanol–water partition coefficient (Wildman–Crippen LogP) is 3.58. The van der Waals surface area contributed by atoms with Crippen molar-refractivity contribution in [2.24, 2.45) is 0 Å². The number of rotatable bonds is 5. The van der Waals surface area contributed by atoms with Crippen molar-refractivity contribution in [3.8, 4) is 11.5 Å². The molecule has 0 fully saturated rings. The molecule has 0 amide bonds. The van der Waals surface area contributed by atoms with Gasteiger partial charge in [0.05, 0.1) is 19.2 Å². The Morgan fingerprint density at radius 3 is 2.22 bits per heavy atom. The zero-order valence-corrected chi connectivity index (χ0v) is 12.3. The number of ether oxygens (including phenoxy) is 2. The van der Waals surface area contributed by atoms with Gasteiger partial charge in [-0.05, 0) is 17.5 Å². The first-order valence-corrected chi connectivity index (χ1v) is 6.40. The summed E-state index contributed by atoms with van der Waals surface area (Å²) in [5.74, 6) is 1.44. The van der Waals surface area contributed by atoms with Crippen molar-refractivity contribution in [2.75, 3.05) is 20.8 Å². The van der Waals surface area contributed by atoms with Crippen molar-refractivity contribution in [1.29, 1.82) is 0 Å². The van der Waals surface area contributed by atoms with Crippen molar-refractivity contribution in [3.05, 3.63) is 22.2 Å². The summed E-state index contributed by atoms with van der Waals surface area (Å²) >= 11 is 6.44. The van der Waals surface area contributed by atoms with Gasteiger partial charge in [0.15, 0.2) is 11.5 Å². The SMILES string of the molecule is COc1cc(C(C)C)c(Cl)c(C(C)CO)c1OC. The molecule has 0 aliphatic rings. The number of aliphatic hydroxyl groups is 1. The first-order chi connectivity index (χ1) is 8.47. The van der Waals surface area contributed by atoms with Crippen LogP contribution in [0.2, 0.25) is 5.02 Å². The molecule has 0 bridgehead atoms. The van der Waals surface area contributed by atoms with Crippen molar-refractivity contribution in [2.45, 2.75) is 32.6 Å². The summed E-state index contributed by atoms with van der Waals surface area (Å²) in [6.45, 7) is 6.06. The van der Waals surface area contributed by atoms with Gasteiger partial charge in [-0.3, -0.25) is 0 Å². The van der Waals surface area contributed by atoms with Crippen LogP contribution in [-0.2, 0) is 0 Å². The summed E-state index contributed by atoms with van der Waals surface area (Å²) in [6, 6.07) is 1.90. The third-order valence-corrected chi connectivity index (χ3v) is 3.48. The molecule has 1 atom stereocenters. The summed E-state index contributed by atoms with van der Waals surface area (Å²) in [5.41, 5.74) is 1.81. The van der Waals surface area contributed by atoms with E-state index < -0.39 is 0 Å². The molecule has 1 N–H and O–H groups in total. The van der Waals surface area contributed by atoms with E-state index in [4.69, 9.17) is 21.1 Å². The molecule has 0 radical (unpaired) electrons. The van der Waals surface area contributed by atoms with Crippen LogP contribution >= 0.6 is 11.6 Å². The van der Waals surface area contributed by atoms with E-state index in [1.54, 1.807) is 14.2 Å². The number of hydrogen-bond donors (Lipinski definition) is 1. The highest BCUT2D eigenvalue weighted by molar-refractivity contribution is 6.32. The molecule has 1 aromatic carbocycles. The average Bonchev–Trinajstić information content (AvgIpc) is 2.36. The molecule has 0 aromatic heterocycles. The molecule has 18 heavy (non-hydrogen) atoms. The van der Waals surface area contributed by atoms with Crippen LogP contribution in [0, 0.1) is 0 Å². The standard InChI is InChI=1S/C14H21ClO3/c1-8(2)10-6-11(17-4)14(18-5)12(13(10)15)9(3)7-16/h6,8-9,16H,7H2,1-5H3. The summed E-state index contributed by atoms with van der Waals surface area (Å²) < 4.78 is 10.7. The molecule has 0 heterocycles. The molecule has 4 heteroatoms. The highest BCUT2D eigenvalue weighted by atomic mass is 35.5. The van der Waals surface area contributed by atoms with E-state index in [1.807, 2.05) is 13.0 Å². The van der Waals surface area contributed by atoms with Gasteiger partial charge in [0.2, 0.25) is 0 Å². The summed E-state index contributed by atoms with van der Waals surface area (Å²) in [5, 5.41) is 10.0. The predicted molar refractivity (Wildman–Crippen MR) is 74.1 cm³/mol. The monoisotopic (exact) mass is 272 g/mol. The first-order valence-electron chi connectivity index (χ1n) is 6.02. The zero-order chi connectivity index (χ0) is 13.9. The maximum atomic E-state index is 9.37. The van der Waals surface area contributed by atoms with Crippen LogP contribution in [0.1, 0.15) is 43.7 Å². The highest BCUT2D eigenvalue weighted by Gasteiger charge is 2.23. The second-order valence-electron chi connectivity index (χ2n) is 4.67. The van der Waals surface area contributed by atoms with Gasteiger partial charge in [-0.1, -0.05) is 32.4 Å². The van der Waals surface area contributed by atoms with Crippen molar-refractivity contribution in [1.82, 2.24) is 0 Å². The maximum Gasteiger partial charge on any atom is 0.165 e. The average molecular weight is 273 g/mol. The van der Waals surface area contributed by atoms with Gasteiger partial charge in [0, 0.05) is 18.1 Å². The number of aliphatic hydroxyl groups excluding tert-OH is 1. The normalized spacial score (nSPS) is 12.7. The Morgan fingerprint density at radius 1 is 1.22 bits per heavy atom. The van der Waals surface area contributed by atoms with Crippen molar-refractivity contribution in [3.63, 3.8) is 0 Å². The minimum Gasteiger partial charge on any atom is -0.493 e. The minimum atomic E-state index is -0.0972. The van der Waals surface area contributed by atoms with E-state index in [9.17, 15) is 5.11 Å². The van der Waals surface area contributed by atoms with Crippen LogP contribution in [0.4, 0.5) is 0 Å². The Hall–Kier alpha value is -0.930. The second-order valence-corrected chi connectivity index (χ2v) is 5.05. The van der Waals surface area contributed by atoms with E-state index in [2.05, 4.69) is 13.8 Å². The van der Waals surface area contributed by atoms with Gasteiger partial charge >= 0.3 is 0 Å². The number of hydrogen-bond acceptors (Lipinski definition) is 3. The maximum absolute atomic E-state index is 9.37. The molecule has 0 spiro atoms. The lowest BCUT2D eigenvalue weighted by Gasteiger charge is -2.22. The molecular formula is C14H21ClO3. The van der Waals surface area contributed by atoms with Gasteiger partial charge in [0.1, 0.15) is 0 Å². The Bertz CT molecular complexity index is 416. The first kappa shape index (κ1) is 15.1. The van der Waals surface area contributed by atoms with E-state index in [0.29, 0.717) is 16.5 Å². The fourth-order valence-corrected chi connectivity index (χ4v) is 2.52. The number of benzene rings is 1. The molecule has 102 valence electrons. The van der Waals surface area contributed by atoms with E-state index in [0.717, 1.165) is 11.1 Å². The third kappa shape index (κ3) is 2.73. The van der Waals surface area contributed by atoms with Gasteiger partial charge in [-0.15, -0.1) is 0 Å². The van der Waals surface area contributed by atoms with Gasteiger partial charge < -0.3 is 14.6 Å². The fraction of sp³-hybridized carbons (Fsp3) is 0.571. The summed E-state index contributed by atoms with van der Waals surface area (Å²) in [6.07, 6.45) is 0. The second kappa shape index (κ2) is 6.30. The van der Waals surface area contributed by atoms with E-state index >= 15 is 0 Å². The quantitative estimate of drug-likeness (QED) is 0.890. The topological polar surface area (TPSA) is 38.7 Å². The van der Waals surface area contributed by atoms with E-state index in [1.165, 1.54) is 0 Å². The molecule has 1 aromatic rings. The Labute approximate surface area is 114 Å². The largest absolute Gasteiger partial charge is 0.493 e. The smallest absolute Gasteiger partial charge is 0.165 e. The molecule has 0 aliphatic carbocycles. The lowest BCUT2D eigenvalue weighted by atomic mass is 9.93. The van der Waals surface area contributed by atoms with Gasteiger partial charge in [-0.25, -0.2) is 0 Å². The molecule has 3 nitrogen and oxygen atoms in total.